The van der Waals surface area contributed by atoms with Gasteiger partial charge in [0.1, 0.15) is 6.10 Å². The maximum absolute atomic E-state index is 12.9. The summed E-state index contributed by atoms with van der Waals surface area (Å²) in [6, 6.07) is 0. The standard InChI is InChI=1S/C28H54O5/c1-4-6-8-9-10-11-12-13-14-18-22-25(21-17-7-5-2)33-27(32)28(3,26(30)31)23-19-15-16-20-24-29/h25,29H,4-24H2,1-3H3,(H,30,31). The molecule has 0 aromatic heterocycles. The molecule has 0 aromatic carbocycles. The number of aliphatic hydroxyl groups is 1. The van der Waals surface area contributed by atoms with Gasteiger partial charge in [-0.05, 0) is 45.4 Å². The Morgan fingerprint density at radius 3 is 1.64 bits per heavy atom. The highest BCUT2D eigenvalue weighted by Gasteiger charge is 2.43. The van der Waals surface area contributed by atoms with Crippen LogP contribution in [0.2, 0.25) is 0 Å². The Morgan fingerprint density at radius 1 is 0.697 bits per heavy atom. The van der Waals surface area contributed by atoms with Gasteiger partial charge in [-0.1, -0.05) is 104 Å². The van der Waals surface area contributed by atoms with E-state index in [0.29, 0.717) is 12.8 Å². The Hall–Kier alpha value is -1.10. The van der Waals surface area contributed by atoms with Crippen LogP contribution in [0.5, 0.6) is 0 Å². The third-order valence-corrected chi connectivity index (χ3v) is 6.79. The van der Waals surface area contributed by atoms with Gasteiger partial charge >= 0.3 is 11.9 Å². The van der Waals surface area contributed by atoms with Gasteiger partial charge < -0.3 is 14.9 Å². The van der Waals surface area contributed by atoms with Crippen molar-refractivity contribution in [3.8, 4) is 0 Å². The van der Waals surface area contributed by atoms with Gasteiger partial charge in [-0.3, -0.25) is 9.59 Å². The minimum Gasteiger partial charge on any atom is -0.480 e. The second kappa shape index (κ2) is 21.4. The van der Waals surface area contributed by atoms with Crippen molar-refractivity contribution in [2.45, 2.75) is 155 Å². The van der Waals surface area contributed by atoms with Crippen LogP contribution in [0.25, 0.3) is 0 Å². The molecule has 0 aliphatic carbocycles. The van der Waals surface area contributed by atoms with E-state index in [9.17, 15) is 14.7 Å². The first-order chi connectivity index (χ1) is 15.9. The van der Waals surface area contributed by atoms with Crippen LogP contribution >= 0.6 is 0 Å². The molecule has 0 fully saturated rings. The van der Waals surface area contributed by atoms with E-state index in [4.69, 9.17) is 9.84 Å². The van der Waals surface area contributed by atoms with Gasteiger partial charge in [0.25, 0.3) is 0 Å². The average molecular weight is 471 g/mol. The zero-order chi connectivity index (χ0) is 24.8. The Balaban J connectivity index is 4.48. The Kier molecular flexibility index (Phi) is 20.7. The summed E-state index contributed by atoms with van der Waals surface area (Å²) < 4.78 is 5.82. The number of carbonyl (C=O) groups excluding carboxylic acids is 1. The van der Waals surface area contributed by atoms with Crippen LogP contribution < -0.4 is 0 Å². The molecule has 2 N–H and O–H groups in total. The van der Waals surface area contributed by atoms with E-state index in [1.165, 1.54) is 58.3 Å². The first-order valence-corrected chi connectivity index (χ1v) is 14.0. The normalized spacial score (nSPS) is 14.1. The van der Waals surface area contributed by atoms with Crippen molar-refractivity contribution in [3.05, 3.63) is 0 Å². The van der Waals surface area contributed by atoms with E-state index in [1.807, 2.05) is 0 Å². The van der Waals surface area contributed by atoms with Crippen LogP contribution in [0.3, 0.4) is 0 Å². The zero-order valence-electron chi connectivity index (χ0n) is 22.0. The summed E-state index contributed by atoms with van der Waals surface area (Å²) in [4.78, 5) is 24.8. The van der Waals surface area contributed by atoms with E-state index in [-0.39, 0.29) is 19.1 Å². The fourth-order valence-electron chi connectivity index (χ4n) is 4.27. The fraction of sp³-hybridized carbons (Fsp3) is 0.929. The van der Waals surface area contributed by atoms with Crippen LogP contribution in [-0.4, -0.2) is 34.9 Å². The molecule has 0 radical (unpaired) electrons. The minimum atomic E-state index is -1.49. The molecule has 5 nitrogen and oxygen atoms in total. The van der Waals surface area contributed by atoms with Gasteiger partial charge in [-0.2, -0.15) is 0 Å². The molecule has 0 aliphatic rings. The number of carbonyl (C=O) groups is 2. The van der Waals surface area contributed by atoms with Crippen LogP contribution in [0.15, 0.2) is 0 Å². The van der Waals surface area contributed by atoms with Crippen LogP contribution in [0, 0.1) is 5.41 Å². The quantitative estimate of drug-likeness (QED) is 0.0853. The lowest BCUT2D eigenvalue weighted by molar-refractivity contribution is -0.172. The third kappa shape index (κ3) is 16.2. The Morgan fingerprint density at radius 2 is 1.12 bits per heavy atom. The highest BCUT2D eigenvalue weighted by atomic mass is 16.5. The second-order valence-corrected chi connectivity index (χ2v) is 10.0. The van der Waals surface area contributed by atoms with E-state index >= 15 is 0 Å². The van der Waals surface area contributed by atoms with E-state index in [0.717, 1.165) is 57.8 Å². The summed E-state index contributed by atoms with van der Waals surface area (Å²) in [6.07, 6.45) is 20.7. The number of hydrogen-bond donors (Lipinski definition) is 2. The van der Waals surface area contributed by atoms with Crippen molar-refractivity contribution in [2.75, 3.05) is 6.61 Å². The first kappa shape index (κ1) is 31.9. The number of ether oxygens (including phenoxy) is 1. The predicted octanol–water partition coefficient (Wildman–Crippen LogP) is 7.82. The summed E-state index contributed by atoms with van der Waals surface area (Å²) in [5.74, 6) is -1.67. The number of hydrogen-bond acceptors (Lipinski definition) is 4. The van der Waals surface area contributed by atoms with Crippen molar-refractivity contribution >= 4 is 11.9 Å². The van der Waals surface area contributed by atoms with Crippen molar-refractivity contribution in [3.63, 3.8) is 0 Å². The van der Waals surface area contributed by atoms with E-state index in [2.05, 4.69) is 13.8 Å². The second-order valence-electron chi connectivity index (χ2n) is 10.0. The maximum Gasteiger partial charge on any atom is 0.323 e. The van der Waals surface area contributed by atoms with E-state index < -0.39 is 17.4 Å². The summed E-state index contributed by atoms with van der Waals surface area (Å²) in [5.41, 5.74) is -1.49. The highest BCUT2D eigenvalue weighted by Crippen LogP contribution is 2.29. The zero-order valence-corrected chi connectivity index (χ0v) is 22.0. The minimum absolute atomic E-state index is 0.149. The van der Waals surface area contributed by atoms with Gasteiger partial charge in [-0.15, -0.1) is 0 Å². The lowest BCUT2D eigenvalue weighted by atomic mass is 9.84. The number of aliphatic hydroxyl groups excluding tert-OH is 1. The largest absolute Gasteiger partial charge is 0.480 e. The molecule has 0 aromatic rings. The molecule has 0 saturated heterocycles. The first-order valence-electron chi connectivity index (χ1n) is 14.0. The molecule has 0 heterocycles. The predicted molar refractivity (Wildman–Crippen MR) is 136 cm³/mol. The molecular formula is C28H54O5. The lowest BCUT2D eigenvalue weighted by Crippen LogP contribution is -2.40. The number of carboxylic acid groups (broad SMARTS) is 1. The van der Waals surface area contributed by atoms with Gasteiger partial charge in [0.2, 0.25) is 0 Å². The van der Waals surface area contributed by atoms with Crippen LogP contribution in [0.1, 0.15) is 149 Å². The number of esters is 1. The number of rotatable bonds is 24. The topological polar surface area (TPSA) is 83.8 Å². The molecule has 0 rings (SSSR count). The number of carboxylic acids is 1. The molecule has 2 unspecified atom stereocenters. The summed E-state index contributed by atoms with van der Waals surface area (Å²) in [5, 5.41) is 18.6. The SMILES string of the molecule is CCCCCCCCCCCCC(CCCCC)OC(=O)C(C)(CCCCCCO)C(=O)O. The molecular weight excluding hydrogens is 416 g/mol. The van der Waals surface area contributed by atoms with E-state index in [1.54, 1.807) is 0 Å². The molecule has 0 saturated carbocycles. The Bertz CT molecular complexity index is 479. The molecule has 5 heteroatoms. The molecule has 33 heavy (non-hydrogen) atoms. The third-order valence-electron chi connectivity index (χ3n) is 6.79. The number of unbranched alkanes of at least 4 members (excludes halogenated alkanes) is 14. The molecule has 0 amide bonds. The highest BCUT2D eigenvalue weighted by molar-refractivity contribution is 5.98. The van der Waals surface area contributed by atoms with Gasteiger partial charge in [0.05, 0.1) is 0 Å². The fourth-order valence-corrected chi connectivity index (χ4v) is 4.27. The van der Waals surface area contributed by atoms with Gasteiger partial charge in [0.15, 0.2) is 5.41 Å². The lowest BCUT2D eigenvalue weighted by Gasteiger charge is -2.26. The average Bonchev–Trinajstić information content (AvgIpc) is 2.79. The van der Waals surface area contributed by atoms with Crippen LogP contribution in [0.4, 0.5) is 0 Å². The molecule has 0 spiro atoms. The Labute approximate surface area is 204 Å². The summed E-state index contributed by atoms with van der Waals surface area (Å²) in [6.45, 7) is 6.06. The molecule has 196 valence electrons. The van der Waals surface area contributed by atoms with Crippen LogP contribution in [-0.2, 0) is 14.3 Å². The summed E-state index contributed by atoms with van der Waals surface area (Å²) in [7, 11) is 0. The summed E-state index contributed by atoms with van der Waals surface area (Å²) >= 11 is 0. The smallest absolute Gasteiger partial charge is 0.323 e. The molecule has 0 aliphatic heterocycles. The van der Waals surface area contributed by atoms with Gasteiger partial charge in [0, 0.05) is 6.61 Å². The van der Waals surface area contributed by atoms with Gasteiger partial charge in [-0.25, -0.2) is 0 Å². The maximum atomic E-state index is 12.9. The molecule has 2 atom stereocenters. The number of aliphatic carboxylic acids is 1. The monoisotopic (exact) mass is 470 g/mol. The molecule has 0 bridgehead atoms. The van der Waals surface area contributed by atoms with Crippen molar-refractivity contribution < 1.29 is 24.5 Å². The van der Waals surface area contributed by atoms with Crippen molar-refractivity contribution in [1.82, 2.24) is 0 Å². The van der Waals surface area contributed by atoms with Crippen molar-refractivity contribution in [1.29, 1.82) is 0 Å². The van der Waals surface area contributed by atoms with Crippen molar-refractivity contribution in [2.24, 2.45) is 5.41 Å².